The van der Waals surface area contributed by atoms with Crippen molar-refractivity contribution in [2.45, 2.75) is 31.8 Å². The lowest BCUT2D eigenvalue weighted by atomic mass is 9.76. The number of carbonyl (C=O) groups excluding carboxylic acids is 2. The number of phenolic OH excluding ortho intramolecular Hbond substituents is 1. The normalized spacial score (nSPS) is 24.8. The maximum atomic E-state index is 14.1. The Balaban J connectivity index is 1.53. The third-order valence-electron chi connectivity index (χ3n) is 8.20. The van der Waals surface area contributed by atoms with E-state index in [1.807, 2.05) is 44.2 Å². The molecular weight excluding hydrogens is 482 g/mol. The van der Waals surface area contributed by atoms with Crippen LogP contribution < -0.4 is 10.2 Å². The van der Waals surface area contributed by atoms with Gasteiger partial charge in [0.25, 0.3) is 0 Å². The topological polar surface area (TPSA) is 123 Å². The molecule has 3 aromatic carbocycles. The molecular formula is C30H27N3O5. The summed E-state index contributed by atoms with van der Waals surface area (Å²) in [5.74, 6) is -4.53. The molecule has 3 heterocycles. The fourth-order valence-electron chi connectivity index (χ4n) is 6.15. The smallest absolute Gasteiger partial charge is 0.325 e. The minimum absolute atomic E-state index is 0.0304. The monoisotopic (exact) mass is 509 g/mol. The fourth-order valence-corrected chi connectivity index (χ4v) is 6.15. The maximum Gasteiger partial charge on any atom is 0.325 e. The zero-order valence-electron chi connectivity index (χ0n) is 20.9. The summed E-state index contributed by atoms with van der Waals surface area (Å²) < 4.78 is 0. The number of hydrogen-bond acceptors (Lipinski definition) is 5. The molecule has 2 fully saturated rings. The number of carbonyl (C=O) groups is 3. The number of fused-ring (bicyclic) bond motifs is 2. The number of aromatic hydroxyl groups is 1. The van der Waals surface area contributed by atoms with Gasteiger partial charge in [0.05, 0.1) is 17.5 Å². The number of aryl methyl sites for hydroxylation is 2. The summed E-state index contributed by atoms with van der Waals surface area (Å²) in [6.45, 7) is 3.84. The second kappa shape index (κ2) is 8.56. The zero-order valence-corrected chi connectivity index (χ0v) is 20.9. The highest BCUT2D eigenvalue weighted by molar-refractivity contribution is 6.24. The van der Waals surface area contributed by atoms with Crippen LogP contribution in [0.25, 0.3) is 10.9 Å². The lowest BCUT2D eigenvalue weighted by molar-refractivity contribution is -0.148. The van der Waals surface area contributed by atoms with E-state index in [4.69, 9.17) is 0 Å². The van der Waals surface area contributed by atoms with Crippen LogP contribution in [0.1, 0.15) is 28.3 Å². The van der Waals surface area contributed by atoms with E-state index in [2.05, 4.69) is 10.3 Å². The number of H-pyrrole nitrogens is 1. The molecule has 4 N–H and O–H groups in total. The van der Waals surface area contributed by atoms with Gasteiger partial charge in [-0.05, 0) is 54.8 Å². The van der Waals surface area contributed by atoms with Crippen molar-refractivity contribution in [1.29, 1.82) is 0 Å². The van der Waals surface area contributed by atoms with Crippen molar-refractivity contribution >= 4 is 34.4 Å². The Kier molecular flexibility index (Phi) is 5.39. The predicted octanol–water partition coefficient (Wildman–Crippen LogP) is 4.01. The van der Waals surface area contributed by atoms with E-state index in [1.54, 1.807) is 36.5 Å². The first kappa shape index (κ1) is 23.9. The highest BCUT2D eigenvalue weighted by atomic mass is 16.4. The molecule has 2 aliphatic rings. The van der Waals surface area contributed by atoms with E-state index < -0.39 is 41.2 Å². The molecule has 4 atom stereocenters. The van der Waals surface area contributed by atoms with Crippen molar-refractivity contribution in [2.24, 2.45) is 11.8 Å². The highest BCUT2D eigenvalue weighted by Crippen LogP contribution is 2.52. The van der Waals surface area contributed by atoms with Crippen LogP contribution in [0.3, 0.4) is 0 Å². The molecule has 38 heavy (non-hydrogen) atoms. The van der Waals surface area contributed by atoms with Gasteiger partial charge in [0.15, 0.2) is 0 Å². The molecule has 192 valence electrons. The number of phenols is 1. The lowest BCUT2D eigenvalue weighted by Crippen LogP contribution is -2.57. The standard InChI is InChI=1S/C30H27N3O5/c1-16-11-12-19(13-17(16)2)33-27(35)24-25(28(33)36)30(29(37)38,32-26(24)21-8-4-6-10-23(21)34)14-18-15-31-22-9-5-3-7-20(18)22/h3-13,15,24-26,31-32,34H,14H2,1-2H3,(H,37,38)/t24-,25-,26-,30+/m0/s1. The number of aromatic nitrogens is 1. The predicted molar refractivity (Wildman–Crippen MR) is 142 cm³/mol. The van der Waals surface area contributed by atoms with Crippen LogP contribution in [0.15, 0.2) is 72.9 Å². The van der Waals surface area contributed by atoms with Gasteiger partial charge in [-0.1, -0.05) is 42.5 Å². The van der Waals surface area contributed by atoms with Crippen LogP contribution in [-0.4, -0.2) is 38.5 Å². The van der Waals surface area contributed by atoms with E-state index >= 15 is 0 Å². The minimum Gasteiger partial charge on any atom is -0.508 e. The van der Waals surface area contributed by atoms with Crippen molar-refractivity contribution in [2.75, 3.05) is 4.90 Å². The van der Waals surface area contributed by atoms with Gasteiger partial charge in [-0.2, -0.15) is 0 Å². The largest absolute Gasteiger partial charge is 0.508 e. The summed E-state index contributed by atoms with van der Waals surface area (Å²) in [6, 6.07) is 18.5. The lowest BCUT2D eigenvalue weighted by Gasteiger charge is -2.31. The van der Waals surface area contributed by atoms with Gasteiger partial charge in [0.2, 0.25) is 11.8 Å². The van der Waals surface area contributed by atoms with Crippen LogP contribution in [0.4, 0.5) is 5.69 Å². The van der Waals surface area contributed by atoms with Gasteiger partial charge >= 0.3 is 5.97 Å². The average molecular weight is 510 g/mol. The zero-order chi connectivity index (χ0) is 26.8. The number of anilines is 1. The Morgan fingerprint density at radius 1 is 0.974 bits per heavy atom. The molecule has 0 spiro atoms. The Hall–Kier alpha value is -4.43. The number of nitrogens with one attached hydrogen (secondary N) is 2. The number of amides is 2. The highest BCUT2D eigenvalue weighted by Gasteiger charge is 2.69. The molecule has 0 unspecified atom stereocenters. The van der Waals surface area contributed by atoms with Gasteiger partial charge in [0, 0.05) is 35.1 Å². The number of aliphatic carboxylic acids is 1. The summed E-state index contributed by atoms with van der Waals surface area (Å²) in [4.78, 5) is 45.6. The number of carboxylic acids is 1. The van der Waals surface area contributed by atoms with Gasteiger partial charge in [0.1, 0.15) is 11.3 Å². The molecule has 8 nitrogen and oxygen atoms in total. The second-order valence-corrected chi connectivity index (χ2v) is 10.3. The van der Waals surface area contributed by atoms with Gasteiger partial charge in [-0.25, -0.2) is 4.90 Å². The first-order chi connectivity index (χ1) is 18.2. The third-order valence-corrected chi connectivity index (χ3v) is 8.20. The third kappa shape index (κ3) is 3.37. The Labute approximate surface area is 218 Å². The quantitative estimate of drug-likeness (QED) is 0.302. The maximum absolute atomic E-state index is 14.1. The number of rotatable bonds is 5. The fraction of sp³-hybridized carbons (Fsp3) is 0.233. The number of imide groups is 1. The summed E-state index contributed by atoms with van der Waals surface area (Å²) in [5.41, 5.74) is 2.51. The van der Waals surface area contributed by atoms with Crippen LogP contribution in [0.5, 0.6) is 5.75 Å². The number of hydrogen-bond donors (Lipinski definition) is 4. The molecule has 8 heteroatoms. The van der Waals surface area contributed by atoms with E-state index in [-0.39, 0.29) is 12.2 Å². The van der Waals surface area contributed by atoms with Crippen molar-refractivity contribution < 1.29 is 24.6 Å². The molecule has 0 bridgehead atoms. The van der Waals surface area contributed by atoms with Gasteiger partial charge < -0.3 is 15.2 Å². The van der Waals surface area contributed by atoms with Gasteiger partial charge in [-0.3, -0.25) is 19.7 Å². The average Bonchev–Trinajstić information content (AvgIpc) is 3.54. The Morgan fingerprint density at radius 2 is 1.71 bits per heavy atom. The van der Waals surface area contributed by atoms with E-state index in [0.29, 0.717) is 11.3 Å². The minimum atomic E-state index is -1.79. The molecule has 2 saturated heterocycles. The van der Waals surface area contributed by atoms with E-state index in [1.165, 1.54) is 6.07 Å². The van der Waals surface area contributed by atoms with Crippen LogP contribution in [-0.2, 0) is 20.8 Å². The first-order valence-corrected chi connectivity index (χ1v) is 12.5. The number of benzene rings is 3. The second-order valence-electron chi connectivity index (χ2n) is 10.3. The van der Waals surface area contributed by atoms with Crippen molar-refractivity contribution in [1.82, 2.24) is 10.3 Å². The molecule has 0 aliphatic carbocycles. The first-order valence-electron chi connectivity index (χ1n) is 12.5. The van der Waals surface area contributed by atoms with Crippen LogP contribution in [0, 0.1) is 25.7 Å². The molecule has 0 radical (unpaired) electrons. The van der Waals surface area contributed by atoms with E-state index in [9.17, 15) is 24.6 Å². The van der Waals surface area contributed by atoms with Crippen molar-refractivity contribution in [3.05, 3.63) is 95.2 Å². The SMILES string of the molecule is Cc1ccc(N2C(=O)[C@H]3[C@@H](C2=O)[C@](Cc2c[nH]c4ccccc24)(C(=O)O)N[C@H]3c2ccccc2O)cc1C. The van der Waals surface area contributed by atoms with Crippen molar-refractivity contribution in [3.8, 4) is 5.75 Å². The molecule has 6 rings (SSSR count). The number of nitrogens with zero attached hydrogens (tertiary/aromatic N) is 1. The molecule has 4 aromatic rings. The Morgan fingerprint density at radius 3 is 2.45 bits per heavy atom. The van der Waals surface area contributed by atoms with Crippen molar-refractivity contribution in [3.63, 3.8) is 0 Å². The van der Waals surface area contributed by atoms with Crippen LogP contribution >= 0.6 is 0 Å². The summed E-state index contributed by atoms with van der Waals surface area (Å²) in [6.07, 6.45) is 1.72. The van der Waals surface area contributed by atoms with Crippen LogP contribution in [0.2, 0.25) is 0 Å². The Bertz CT molecular complexity index is 1630. The van der Waals surface area contributed by atoms with E-state index in [0.717, 1.165) is 32.5 Å². The summed E-state index contributed by atoms with van der Waals surface area (Å²) >= 11 is 0. The number of para-hydroxylation sites is 2. The summed E-state index contributed by atoms with van der Waals surface area (Å²) in [5, 5.41) is 25.5. The van der Waals surface area contributed by atoms with Gasteiger partial charge in [-0.15, -0.1) is 0 Å². The molecule has 0 saturated carbocycles. The molecule has 2 amide bonds. The number of aromatic amines is 1. The molecule has 2 aliphatic heterocycles. The molecule has 1 aromatic heterocycles. The summed E-state index contributed by atoms with van der Waals surface area (Å²) in [7, 11) is 0. The number of carboxylic acid groups (broad SMARTS) is 1.